The van der Waals surface area contributed by atoms with Crippen molar-refractivity contribution < 1.29 is 23.7 Å². The fourth-order valence-corrected chi connectivity index (χ4v) is 4.65. The third-order valence-corrected chi connectivity index (χ3v) is 6.61. The Morgan fingerprint density at radius 3 is 2.40 bits per heavy atom. The van der Waals surface area contributed by atoms with E-state index in [2.05, 4.69) is 22.5 Å². The highest BCUT2D eigenvalue weighted by Gasteiger charge is 2.13. The van der Waals surface area contributed by atoms with Gasteiger partial charge in [-0.2, -0.15) is 0 Å². The van der Waals surface area contributed by atoms with Gasteiger partial charge in [0.15, 0.2) is 23.0 Å². The number of ether oxygens (including phenoxy) is 4. The van der Waals surface area contributed by atoms with E-state index in [0.717, 1.165) is 58.9 Å². The second kappa shape index (κ2) is 14.1. The Hall–Kier alpha value is -4.46. The van der Waals surface area contributed by atoms with Gasteiger partial charge in [-0.3, -0.25) is 4.79 Å². The SMILES string of the molecule is C=CCc1ccc(OCCCn2c(CCNC(=O)Cc3ccc(OC)c(OC)c3)nc3ccccc32)c(OC)c1. The standard InChI is InChI=1S/C32H37N3O5/c1-5-9-23-12-15-28(30(20-23)39-4)40-19-8-18-35-26-11-7-6-10-25(26)34-31(35)16-17-33-32(36)22-24-13-14-27(37-2)29(21-24)38-3/h5-7,10-15,20-21H,1,8-9,16-19,22H2,2-4H3,(H,33,36). The van der Waals surface area contributed by atoms with Gasteiger partial charge in [0.25, 0.3) is 0 Å². The largest absolute Gasteiger partial charge is 0.493 e. The summed E-state index contributed by atoms with van der Waals surface area (Å²) in [6.07, 6.45) is 4.31. The molecule has 8 heteroatoms. The average Bonchev–Trinajstić information content (AvgIpc) is 3.32. The third-order valence-electron chi connectivity index (χ3n) is 6.61. The topological polar surface area (TPSA) is 83.8 Å². The predicted molar refractivity (Wildman–Crippen MR) is 157 cm³/mol. The molecule has 0 aliphatic heterocycles. The Balaban J connectivity index is 1.34. The van der Waals surface area contributed by atoms with Crippen LogP contribution in [0.25, 0.3) is 11.0 Å². The summed E-state index contributed by atoms with van der Waals surface area (Å²) >= 11 is 0. The number of hydrogen-bond donors (Lipinski definition) is 1. The van der Waals surface area contributed by atoms with Crippen molar-refractivity contribution in [3.05, 3.63) is 90.3 Å². The predicted octanol–water partition coefficient (Wildman–Crippen LogP) is 5.16. The van der Waals surface area contributed by atoms with Gasteiger partial charge in [-0.15, -0.1) is 6.58 Å². The number of nitrogens with one attached hydrogen (secondary N) is 1. The Labute approximate surface area is 235 Å². The lowest BCUT2D eigenvalue weighted by atomic mass is 10.1. The van der Waals surface area contributed by atoms with Gasteiger partial charge in [0, 0.05) is 19.5 Å². The van der Waals surface area contributed by atoms with Crippen molar-refractivity contribution in [1.82, 2.24) is 14.9 Å². The maximum absolute atomic E-state index is 12.6. The van der Waals surface area contributed by atoms with Crippen LogP contribution >= 0.6 is 0 Å². The molecule has 0 fully saturated rings. The molecule has 8 nitrogen and oxygen atoms in total. The number of rotatable bonds is 15. The Morgan fingerprint density at radius 1 is 0.925 bits per heavy atom. The number of allylic oxidation sites excluding steroid dienone is 1. The quantitative estimate of drug-likeness (QED) is 0.165. The van der Waals surface area contributed by atoms with Gasteiger partial charge in [-0.1, -0.05) is 30.3 Å². The van der Waals surface area contributed by atoms with Crippen molar-refractivity contribution in [2.75, 3.05) is 34.5 Å². The number of amides is 1. The molecule has 1 heterocycles. The van der Waals surface area contributed by atoms with E-state index in [9.17, 15) is 4.79 Å². The van der Waals surface area contributed by atoms with E-state index in [0.29, 0.717) is 31.1 Å². The molecule has 0 saturated heterocycles. The van der Waals surface area contributed by atoms with Crippen LogP contribution in [0.2, 0.25) is 0 Å². The van der Waals surface area contributed by atoms with Crippen LogP contribution in [0.5, 0.6) is 23.0 Å². The molecule has 0 aliphatic carbocycles. The molecule has 0 unspecified atom stereocenters. The van der Waals surface area contributed by atoms with Crippen LogP contribution in [-0.2, 0) is 30.6 Å². The van der Waals surface area contributed by atoms with Crippen molar-refractivity contribution in [3.63, 3.8) is 0 Å². The normalized spacial score (nSPS) is 10.8. The van der Waals surface area contributed by atoms with Gasteiger partial charge in [0.05, 0.1) is 45.4 Å². The summed E-state index contributed by atoms with van der Waals surface area (Å²) in [6, 6.07) is 19.5. The number of carbonyl (C=O) groups is 1. The second-order valence-corrected chi connectivity index (χ2v) is 9.31. The van der Waals surface area contributed by atoms with Crippen LogP contribution < -0.4 is 24.3 Å². The summed E-state index contributed by atoms with van der Waals surface area (Å²) in [5.41, 5.74) is 3.99. The molecule has 3 aromatic carbocycles. The number of aryl methyl sites for hydroxylation is 1. The molecule has 4 aromatic rings. The summed E-state index contributed by atoms with van der Waals surface area (Å²) in [4.78, 5) is 17.5. The Bertz CT molecular complexity index is 1450. The van der Waals surface area contributed by atoms with E-state index < -0.39 is 0 Å². The van der Waals surface area contributed by atoms with Crippen molar-refractivity contribution in [1.29, 1.82) is 0 Å². The van der Waals surface area contributed by atoms with Crippen molar-refractivity contribution in [2.45, 2.75) is 32.2 Å². The second-order valence-electron chi connectivity index (χ2n) is 9.31. The van der Waals surface area contributed by atoms with Gasteiger partial charge in [-0.05, 0) is 60.4 Å². The number of benzene rings is 3. The molecule has 0 radical (unpaired) electrons. The lowest BCUT2D eigenvalue weighted by Gasteiger charge is -2.13. The number of fused-ring (bicyclic) bond motifs is 1. The first-order valence-electron chi connectivity index (χ1n) is 13.4. The fraction of sp³-hybridized carbons (Fsp3) is 0.312. The number of imidazole rings is 1. The summed E-state index contributed by atoms with van der Waals surface area (Å²) in [5.74, 6) is 3.56. The van der Waals surface area contributed by atoms with Crippen LogP contribution in [0.3, 0.4) is 0 Å². The minimum Gasteiger partial charge on any atom is -0.493 e. The summed E-state index contributed by atoms with van der Waals surface area (Å²) in [5, 5.41) is 3.02. The molecule has 40 heavy (non-hydrogen) atoms. The van der Waals surface area contributed by atoms with E-state index in [1.54, 1.807) is 21.3 Å². The number of carbonyl (C=O) groups excluding carboxylic acids is 1. The highest BCUT2D eigenvalue weighted by atomic mass is 16.5. The maximum atomic E-state index is 12.6. The number of aromatic nitrogens is 2. The monoisotopic (exact) mass is 543 g/mol. The highest BCUT2D eigenvalue weighted by molar-refractivity contribution is 5.79. The van der Waals surface area contributed by atoms with E-state index in [-0.39, 0.29) is 12.3 Å². The molecular weight excluding hydrogens is 506 g/mol. The van der Waals surface area contributed by atoms with Crippen LogP contribution in [-0.4, -0.2) is 49.9 Å². The average molecular weight is 544 g/mol. The van der Waals surface area contributed by atoms with Crippen LogP contribution in [0.1, 0.15) is 23.4 Å². The molecule has 1 N–H and O–H groups in total. The first-order valence-corrected chi connectivity index (χ1v) is 13.4. The van der Waals surface area contributed by atoms with Crippen LogP contribution in [0, 0.1) is 0 Å². The molecule has 1 amide bonds. The van der Waals surface area contributed by atoms with Gasteiger partial charge in [0.1, 0.15) is 5.82 Å². The fourth-order valence-electron chi connectivity index (χ4n) is 4.65. The van der Waals surface area contributed by atoms with Crippen molar-refractivity contribution in [2.24, 2.45) is 0 Å². The lowest BCUT2D eigenvalue weighted by molar-refractivity contribution is -0.120. The molecule has 0 saturated carbocycles. The van der Waals surface area contributed by atoms with Crippen molar-refractivity contribution >= 4 is 16.9 Å². The molecule has 4 rings (SSSR count). The molecule has 0 atom stereocenters. The third kappa shape index (κ3) is 7.14. The van der Waals surface area contributed by atoms with E-state index in [1.165, 1.54) is 0 Å². The molecule has 0 aliphatic rings. The number of para-hydroxylation sites is 2. The maximum Gasteiger partial charge on any atom is 0.224 e. The first kappa shape index (κ1) is 28.5. The van der Waals surface area contributed by atoms with Crippen LogP contribution in [0.15, 0.2) is 73.3 Å². The zero-order valence-corrected chi connectivity index (χ0v) is 23.4. The van der Waals surface area contributed by atoms with Gasteiger partial charge < -0.3 is 28.8 Å². The smallest absolute Gasteiger partial charge is 0.224 e. The zero-order valence-electron chi connectivity index (χ0n) is 23.4. The molecular formula is C32H37N3O5. The summed E-state index contributed by atoms with van der Waals surface area (Å²) in [6.45, 7) is 5.56. The summed E-state index contributed by atoms with van der Waals surface area (Å²) in [7, 11) is 4.82. The van der Waals surface area contributed by atoms with Gasteiger partial charge >= 0.3 is 0 Å². The van der Waals surface area contributed by atoms with E-state index in [1.807, 2.05) is 60.7 Å². The molecule has 0 spiro atoms. The van der Waals surface area contributed by atoms with Crippen LogP contribution in [0.4, 0.5) is 0 Å². The van der Waals surface area contributed by atoms with E-state index in [4.69, 9.17) is 23.9 Å². The van der Waals surface area contributed by atoms with E-state index >= 15 is 0 Å². The number of methoxy groups -OCH3 is 3. The van der Waals surface area contributed by atoms with Crippen molar-refractivity contribution in [3.8, 4) is 23.0 Å². The van der Waals surface area contributed by atoms with Gasteiger partial charge in [0.2, 0.25) is 5.91 Å². The number of hydrogen-bond acceptors (Lipinski definition) is 6. The Morgan fingerprint density at radius 2 is 1.62 bits per heavy atom. The minimum atomic E-state index is -0.0589. The minimum absolute atomic E-state index is 0.0589. The lowest BCUT2D eigenvalue weighted by Crippen LogP contribution is -2.28. The van der Waals surface area contributed by atoms with Gasteiger partial charge in [-0.25, -0.2) is 4.98 Å². The molecule has 1 aromatic heterocycles. The zero-order chi connectivity index (χ0) is 28.3. The Kier molecular flexibility index (Phi) is 10.0. The molecule has 210 valence electrons. The highest BCUT2D eigenvalue weighted by Crippen LogP contribution is 2.29. The summed E-state index contributed by atoms with van der Waals surface area (Å²) < 4.78 is 24.4. The number of nitrogens with zero attached hydrogens (tertiary/aromatic N) is 2. The first-order chi connectivity index (χ1) is 19.6. The molecule has 0 bridgehead atoms.